The summed E-state index contributed by atoms with van der Waals surface area (Å²) in [6, 6.07) is 5.40. The average Bonchev–Trinajstić information content (AvgIpc) is 3.22. The number of halogens is 3. The second-order valence-electron chi connectivity index (χ2n) is 6.50. The van der Waals surface area contributed by atoms with E-state index in [1.807, 2.05) is 0 Å². The van der Waals surface area contributed by atoms with Gasteiger partial charge in [0.05, 0.1) is 5.56 Å². The van der Waals surface area contributed by atoms with Gasteiger partial charge in [0.15, 0.2) is 5.60 Å². The Hall–Kier alpha value is -2.08. The lowest BCUT2D eigenvalue weighted by Crippen LogP contribution is -2.42. The number of rotatable bonds is 10. The molecule has 1 aromatic carbocycles. The Labute approximate surface area is 179 Å². The normalized spacial score (nSPS) is 14.7. The first kappa shape index (κ1) is 24.2. The van der Waals surface area contributed by atoms with Gasteiger partial charge in [-0.2, -0.15) is 36.3 Å². The SMILES string of the molecule is NC(CCSCCC(O)(c1ccc(NC(=O)c2ccsc2)cc1)C(F)(F)F)C(=O)O. The summed E-state index contributed by atoms with van der Waals surface area (Å²) in [6.45, 7) is 0. The molecule has 0 aliphatic rings. The molecule has 1 aromatic heterocycles. The van der Waals surface area contributed by atoms with Crippen molar-refractivity contribution < 1.29 is 33.0 Å². The zero-order chi connectivity index (χ0) is 22.4. The fraction of sp³-hybridized carbons (Fsp3) is 0.368. The summed E-state index contributed by atoms with van der Waals surface area (Å²) in [5.41, 5.74) is 2.69. The van der Waals surface area contributed by atoms with Crippen LogP contribution >= 0.6 is 23.1 Å². The number of aliphatic hydroxyl groups is 1. The van der Waals surface area contributed by atoms with E-state index in [0.717, 1.165) is 23.9 Å². The molecule has 0 aliphatic carbocycles. The molecule has 0 radical (unpaired) electrons. The Morgan fingerprint density at radius 1 is 1.17 bits per heavy atom. The second kappa shape index (κ2) is 10.3. The second-order valence-corrected chi connectivity index (χ2v) is 8.50. The van der Waals surface area contributed by atoms with Gasteiger partial charge in [0.25, 0.3) is 5.91 Å². The number of benzene rings is 1. The minimum absolute atomic E-state index is 0.0427. The lowest BCUT2D eigenvalue weighted by atomic mass is 9.90. The number of carbonyl (C=O) groups is 2. The zero-order valence-corrected chi connectivity index (χ0v) is 17.3. The first-order valence-electron chi connectivity index (χ1n) is 8.84. The largest absolute Gasteiger partial charge is 0.480 e. The zero-order valence-electron chi connectivity index (χ0n) is 15.7. The van der Waals surface area contributed by atoms with E-state index >= 15 is 0 Å². The van der Waals surface area contributed by atoms with Gasteiger partial charge in [-0.3, -0.25) is 9.59 Å². The Morgan fingerprint density at radius 3 is 2.37 bits per heavy atom. The maximum atomic E-state index is 13.6. The molecule has 11 heteroatoms. The number of hydrogen-bond donors (Lipinski definition) is 4. The predicted octanol–water partition coefficient (Wildman–Crippen LogP) is 3.68. The predicted molar refractivity (Wildman–Crippen MR) is 111 cm³/mol. The number of alkyl halides is 3. The molecule has 2 rings (SSSR count). The summed E-state index contributed by atoms with van der Waals surface area (Å²) in [5, 5.41) is 25.1. The highest BCUT2D eigenvalue weighted by atomic mass is 32.2. The minimum Gasteiger partial charge on any atom is -0.480 e. The molecule has 0 saturated heterocycles. The van der Waals surface area contributed by atoms with Crippen molar-refractivity contribution in [1.82, 2.24) is 0 Å². The number of carbonyl (C=O) groups excluding carboxylic acids is 1. The molecule has 0 bridgehead atoms. The number of carboxylic acid groups (broad SMARTS) is 1. The molecule has 164 valence electrons. The Balaban J connectivity index is 2.01. The molecule has 2 aromatic rings. The molecule has 1 amide bonds. The Bertz CT molecular complexity index is 844. The van der Waals surface area contributed by atoms with Gasteiger partial charge in [0.2, 0.25) is 0 Å². The smallest absolute Gasteiger partial charge is 0.421 e. The van der Waals surface area contributed by atoms with Crippen LogP contribution in [0.3, 0.4) is 0 Å². The molecule has 2 unspecified atom stereocenters. The van der Waals surface area contributed by atoms with Gasteiger partial charge >= 0.3 is 12.1 Å². The summed E-state index contributed by atoms with van der Waals surface area (Å²) >= 11 is 2.43. The van der Waals surface area contributed by atoms with E-state index in [9.17, 15) is 27.9 Å². The summed E-state index contributed by atoms with van der Waals surface area (Å²) in [4.78, 5) is 22.7. The maximum Gasteiger partial charge on any atom is 0.421 e. The number of aliphatic carboxylic acids is 1. The van der Waals surface area contributed by atoms with Crippen LogP contribution in [-0.2, 0) is 10.4 Å². The fourth-order valence-electron chi connectivity index (χ4n) is 2.53. The maximum absolute atomic E-state index is 13.6. The van der Waals surface area contributed by atoms with Crippen LogP contribution in [0.25, 0.3) is 0 Å². The standard InChI is InChI=1S/C19H21F3N2O4S2/c20-19(21,22)18(28,7-10-29-9-6-15(23)17(26)27)13-1-3-14(4-2-13)24-16(25)12-5-8-30-11-12/h1-5,8,11,15,28H,6-7,9-10,23H2,(H,24,25)(H,26,27). The number of anilines is 1. The summed E-state index contributed by atoms with van der Waals surface area (Å²) in [5.74, 6) is -1.34. The van der Waals surface area contributed by atoms with Crippen LogP contribution in [0.1, 0.15) is 28.8 Å². The van der Waals surface area contributed by atoms with Crippen molar-refractivity contribution in [2.75, 3.05) is 16.8 Å². The monoisotopic (exact) mass is 462 g/mol. The van der Waals surface area contributed by atoms with Crippen LogP contribution in [0, 0.1) is 0 Å². The van der Waals surface area contributed by atoms with Crippen molar-refractivity contribution >= 4 is 40.7 Å². The average molecular weight is 463 g/mol. The van der Waals surface area contributed by atoms with Crippen molar-refractivity contribution in [3.8, 4) is 0 Å². The topological polar surface area (TPSA) is 113 Å². The third kappa shape index (κ3) is 6.21. The summed E-state index contributed by atoms with van der Waals surface area (Å²) in [7, 11) is 0. The first-order valence-corrected chi connectivity index (χ1v) is 10.9. The van der Waals surface area contributed by atoms with Crippen molar-refractivity contribution in [2.45, 2.75) is 30.7 Å². The van der Waals surface area contributed by atoms with Gasteiger partial charge in [-0.15, -0.1) is 0 Å². The van der Waals surface area contributed by atoms with Crippen molar-refractivity contribution in [3.05, 3.63) is 52.2 Å². The summed E-state index contributed by atoms with van der Waals surface area (Å²) in [6.07, 6.45) is -5.40. The molecule has 0 aliphatic heterocycles. The molecule has 6 nitrogen and oxygen atoms in total. The van der Waals surface area contributed by atoms with Crippen molar-refractivity contribution in [1.29, 1.82) is 0 Å². The molecule has 0 spiro atoms. The Kier molecular flexibility index (Phi) is 8.30. The van der Waals surface area contributed by atoms with E-state index in [-0.39, 0.29) is 29.4 Å². The number of amides is 1. The lowest BCUT2D eigenvalue weighted by molar-refractivity contribution is -0.267. The van der Waals surface area contributed by atoms with Crippen molar-refractivity contribution in [3.63, 3.8) is 0 Å². The van der Waals surface area contributed by atoms with E-state index in [1.165, 1.54) is 23.5 Å². The molecular weight excluding hydrogens is 441 g/mol. The molecule has 5 N–H and O–H groups in total. The highest BCUT2D eigenvalue weighted by molar-refractivity contribution is 7.99. The molecule has 30 heavy (non-hydrogen) atoms. The van der Waals surface area contributed by atoms with Gasteiger partial charge in [-0.25, -0.2) is 0 Å². The Morgan fingerprint density at radius 2 is 1.83 bits per heavy atom. The lowest BCUT2D eigenvalue weighted by Gasteiger charge is -2.31. The van der Waals surface area contributed by atoms with E-state index in [0.29, 0.717) is 11.3 Å². The van der Waals surface area contributed by atoms with Gasteiger partial charge in [-0.1, -0.05) is 12.1 Å². The molecule has 2 atom stereocenters. The first-order chi connectivity index (χ1) is 14.0. The number of carboxylic acids is 1. The van der Waals surface area contributed by atoms with E-state index in [2.05, 4.69) is 5.32 Å². The summed E-state index contributed by atoms with van der Waals surface area (Å²) < 4.78 is 40.8. The van der Waals surface area contributed by atoms with Crippen LogP contribution in [0.4, 0.5) is 18.9 Å². The fourth-order valence-corrected chi connectivity index (χ4v) is 4.23. The number of thioether (sulfide) groups is 1. The van der Waals surface area contributed by atoms with E-state index in [1.54, 1.807) is 16.8 Å². The molecular formula is C19H21F3N2O4S2. The number of hydrogen-bond acceptors (Lipinski definition) is 6. The van der Waals surface area contributed by atoms with E-state index in [4.69, 9.17) is 10.8 Å². The highest BCUT2D eigenvalue weighted by Gasteiger charge is 2.54. The molecule has 1 heterocycles. The third-order valence-corrected chi connectivity index (χ3v) is 6.07. The molecule has 0 fully saturated rings. The van der Waals surface area contributed by atoms with Crippen LogP contribution in [0.15, 0.2) is 41.1 Å². The van der Waals surface area contributed by atoms with Gasteiger partial charge in [-0.05, 0) is 53.5 Å². The number of nitrogens with two attached hydrogens (primary N) is 1. The van der Waals surface area contributed by atoms with Crippen LogP contribution < -0.4 is 11.1 Å². The van der Waals surface area contributed by atoms with Crippen molar-refractivity contribution in [2.24, 2.45) is 5.73 Å². The highest BCUT2D eigenvalue weighted by Crippen LogP contribution is 2.42. The van der Waals surface area contributed by atoms with Gasteiger partial charge in [0.1, 0.15) is 6.04 Å². The minimum atomic E-state index is -4.91. The van der Waals surface area contributed by atoms with Crippen LogP contribution in [-0.4, -0.2) is 45.8 Å². The number of thiophene rings is 1. The van der Waals surface area contributed by atoms with Gasteiger partial charge < -0.3 is 21.3 Å². The van der Waals surface area contributed by atoms with E-state index < -0.39 is 30.2 Å². The third-order valence-electron chi connectivity index (χ3n) is 4.37. The van der Waals surface area contributed by atoms with Crippen LogP contribution in [0.2, 0.25) is 0 Å². The van der Waals surface area contributed by atoms with Gasteiger partial charge in [0, 0.05) is 11.1 Å². The van der Waals surface area contributed by atoms with Crippen LogP contribution in [0.5, 0.6) is 0 Å². The number of nitrogens with one attached hydrogen (secondary N) is 1. The molecule has 0 saturated carbocycles. The quantitative estimate of drug-likeness (QED) is 0.401.